The number of hydrogen-bond donors (Lipinski definition) is 1. The van der Waals surface area contributed by atoms with Crippen LogP contribution in [0.4, 0.5) is 0 Å². The predicted molar refractivity (Wildman–Crippen MR) is 99.8 cm³/mol. The van der Waals surface area contributed by atoms with Crippen molar-refractivity contribution in [1.82, 2.24) is 15.1 Å². The Bertz CT molecular complexity index is 1040. The molecule has 0 radical (unpaired) electrons. The van der Waals surface area contributed by atoms with Crippen LogP contribution in [0.1, 0.15) is 28.7 Å². The van der Waals surface area contributed by atoms with Crippen LogP contribution in [0.15, 0.2) is 59.2 Å². The van der Waals surface area contributed by atoms with Gasteiger partial charge >= 0.3 is 0 Å². The number of amides is 1. The Hall–Kier alpha value is -2.87. The van der Waals surface area contributed by atoms with Crippen molar-refractivity contribution in [3.05, 3.63) is 66.2 Å². The Kier molecular flexibility index (Phi) is 4.57. The number of nitrogens with one attached hydrogen (secondary N) is 1. The van der Waals surface area contributed by atoms with Gasteiger partial charge in [0.25, 0.3) is 5.91 Å². The summed E-state index contributed by atoms with van der Waals surface area (Å²) < 4.78 is 30.7. The molecule has 2 aromatic heterocycles. The van der Waals surface area contributed by atoms with Gasteiger partial charge in [0.1, 0.15) is 5.76 Å². The van der Waals surface area contributed by atoms with E-state index in [9.17, 15) is 13.2 Å². The maximum Gasteiger partial charge on any atom is 0.272 e. The van der Waals surface area contributed by atoms with Crippen molar-refractivity contribution < 1.29 is 17.6 Å². The van der Waals surface area contributed by atoms with Gasteiger partial charge in [0.05, 0.1) is 36.0 Å². The molecule has 27 heavy (non-hydrogen) atoms. The fourth-order valence-electron chi connectivity index (χ4n) is 3.25. The van der Waals surface area contributed by atoms with Crippen molar-refractivity contribution >= 4 is 15.7 Å². The highest BCUT2D eigenvalue weighted by molar-refractivity contribution is 7.91. The second kappa shape index (κ2) is 7.03. The Morgan fingerprint density at radius 2 is 2.04 bits per heavy atom. The molecule has 140 valence electrons. The van der Waals surface area contributed by atoms with Crippen LogP contribution in [0, 0.1) is 0 Å². The summed E-state index contributed by atoms with van der Waals surface area (Å²) in [5.41, 5.74) is 1.88. The van der Waals surface area contributed by atoms with Gasteiger partial charge in [0.15, 0.2) is 15.5 Å². The molecule has 1 saturated heterocycles. The van der Waals surface area contributed by atoms with Crippen LogP contribution in [0.3, 0.4) is 0 Å². The van der Waals surface area contributed by atoms with Gasteiger partial charge in [-0.3, -0.25) is 9.48 Å². The second-order valence-electron chi connectivity index (χ2n) is 6.54. The Morgan fingerprint density at radius 1 is 1.22 bits per heavy atom. The van der Waals surface area contributed by atoms with Crippen molar-refractivity contribution in [2.24, 2.45) is 0 Å². The lowest BCUT2D eigenvalue weighted by molar-refractivity contribution is 0.0942. The largest absolute Gasteiger partial charge is 0.467 e. The molecule has 0 bridgehead atoms. The first kappa shape index (κ1) is 17.5. The van der Waals surface area contributed by atoms with Gasteiger partial charge in [0.2, 0.25) is 0 Å². The van der Waals surface area contributed by atoms with Crippen molar-refractivity contribution in [2.45, 2.75) is 19.0 Å². The molecule has 1 aromatic carbocycles. The third kappa shape index (κ3) is 3.80. The zero-order valence-corrected chi connectivity index (χ0v) is 15.4. The first-order valence-electron chi connectivity index (χ1n) is 8.68. The summed E-state index contributed by atoms with van der Waals surface area (Å²) in [5.74, 6) is 0.504. The molecule has 0 aliphatic carbocycles. The standard InChI is InChI=1S/C19H19N3O4S/c23-19(20-12-16-7-4-9-26-16)17-11-18(14-5-2-1-3-6-14)22(21-17)15-8-10-27(24,25)13-15/h1-7,9,11,15H,8,10,12-13H2,(H,20,23). The molecule has 3 heterocycles. The van der Waals surface area contributed by atoms with E-state index in [0.717, 1.165) is 11.3 Å². The van der Waals surface area contributed by atoms with Crippen molar-refractivity contribution in [2.75, 3.05) is 11.5 Å². The van der Waals surface area contributed by atoms with E-state index in [4.69, 9.17) is 4.42 Å². The summed E-state index contributed by atoms with van der Waals surface area (Å²) in [7, 11) is -3.07. The van der Waals surface area contributed by atoms with Gasteiger partial charge < -0.3 is 9.73 Å². The minimum Gasteiger partial charge on any atom is -0.467 e. The number of furan rings is 1. The fourth-order valence-corrected chi connectivity index (χ4v) is 4.94. The molecule has 1 aliphatic rings. The van der Waals surface area contributed by atoms with Crippen LogP contribution >= 0.6 is 0 Å². The van der Waals surface area contributed by atoms with E-state index >= 15 is 0 Å². The van der Waals surface area contributed by atoms with E-state index in [2.05, 4.69) is 10.4 Å². The maximum absolute atomic E-state index is 12.5. The Labute approximate surface area is 156 Å². The molecule has 7 nitrogen and oxygen atoms in total. The van der Waals surface area contributed by atoms with Crippen LogP contribution < -0.4 is 5.32 Å². The highest BCUT2D eigenvalue weighted by Crippen LogP contribution is 2.30. The third-order valence-electron chi connectivity index (χ3n) is 4.60. The van der Waals surface area contributed by atoms with E-state index in [1.165, 1.54) is 0 Å². The van der Waals surface area contributed by atoms with Gasteiger partial charge in [-0.25, -0.2) is 8.42 Å². The van der Waals surface area contributed by atoms with Gasteiger partial charge in [-0.05, 0) is 30.2 Å². The average Bonchev–Trinajstić information content (AvgIpc) is 3.39. The van der Waals surface area contributed by atoms with Crippen molar-refractivity contribution in [1.29, 1.82) is 0 Å². The summed E-state index contributed by atoms with van der Waals surface area (Å²) in [5, 5.41) is 7.22. The van der Waals surface area contributed by atoms with Gasteiger partial charge in [-0.15, -0.1) is 0 Å². The zero-order valence-electron chi connectivity index (χ0n) is 14.5. The van der Waals surface area contributed by atoms with Crippen LogP contribution in [0.25, 0.3) is 11.3 Å². The van der Waals surface area contributed by atoms with E-state index < -0.39 is 9.84 Å². The molecular formula is C19H19N3O4S. The van der Waals surface area contributed by atoms with Gasteiger partial charge in [-0.1, -0.05) is 30.3 Å². The van der Waals surface area contributed by atoms with Crippen LogP contribution in [0.5, 0.6) is 0 Å². The minimum absolute atomic E-state index is 0.0436. The second-order valence-corrected chi connectivity index (χ2v) is 8.77. The summed E-state index contributed by atoms with van der Waals surface area (Å²) in [6.07, 6.45) is 2.04. The number of benzene rings is 1. The van der Waals surface area contributed by atoms with E-state index in [-0.39, 0.29) is 35.7 Å². The quantitative estimate of drug-likeness (QED) is 0.728. The Balaban J connectivity index is 1.64. The minimum atomic E-state index is -3.07. The first-order valence-corrected chi connectivity index (χ1v) is 10.5. The number of carbonyl (C=O) groups excluding carboxylic acids is 1. The molecule has 4 rings (SSSR count). The molecule has 1 atom stereocenters. The highest BCUT2D eigenvalue weighted by Gasteiger charge is 2.32. The number of rotatable bonds is 5. The highest BCUT2D eigenvalue weighted by atomic mass is 32.2. The maximum atomic E-state index is 12.5. The zero-order chi connectivity index (χ0) is 18.9. The Morgan fingerprint density at radius 3 is 2.70 bits per heavy atom. The number of nitrogens with zero attached hydrogens (tertiary/aromatic N) is 2. The van der Waals surface area contributed by atoms with E-state index in [0.29, 0.717) is 12.2 Å². The number of aromatic nitrogens is 2. The normalized spacial score (nSPS) is 18.4. The van der Waals surface area contributed by atoms with E-state index in [1.807, 2.05) is 30.3 Å². The lowest BCUT2D eigenvalue weighted by Gasteiger charge is -2.13. The van der Waals surface area contributed by atoms with Crippen molar-refractivity contribution in [3.8, 4) is 11.3 Å². The summed E-state index contributed by atoms with van der Waals surface area (Å²) in [6, 6.07) is 14.5. The molecule has 0 saturated carbocycles. The van der Waals surface area contributed by atoms with Gasteiger partial charge in [0, 0.05) is 0 Å². The van der Waals surface area contributed by atoms with Crippen LogP contribution in [0.2, 0.25) is 0 Å². The number of sulfone groups is 1. The molecular weight excluding hydrogens is 366 g/mol. The molecule has 1 N–H and O–H groups in total. The predicted octanol–water partition coefficient (Wildman–Crippen LogP) is 2.43. The SMILES string of the molecule is O=C(NCc1ccco1)c1cc(-c2ccccc2)n(C2CCS(=O)(=O)C2)n1. The van der Waals surface area contributed by atoms with Gasteiger partial charge in [-0.2, -0.15) is 5.10 Å². The molecule has 1 unspecified atom stereocenters. The molecule has 1 aliphatic heterocycles. The molecule has 1 amide bonds. The number of hydrogen-bond acceptors (Lipinski definition) is 5. The topological polar surface area (TPSA) is 94.2 Å². The first-order chi connectivity index (χ1) is 13.0. The summed E-state index contributed by atoms with van der Waals surface area (Å²) >= 11 is 0. The summed E-state index contributed by atoms with van der Waals surface area (Å²) in [6.45, 7) is 0.261. The lowest BCUT2D eigenvalue weighted by Crippen LogP contribution is -2.23. The van der Waals surface area contributed by atoms with Crippen LogP contribution in [-0.2, 0) is 16.4 Å². The molecule has 0 spiro atoms. The fraction of sp³-hybridized carbons (Fsp3) is 0.263. The van der Waals surface area contributed by atoms with E-state index in [1.54, 1.807) is 29.1 Å². The van der Waals surface area contributed by atoms with Crippen molar-refractivity contribution in [3.63, 3.8) is 0 Å². The molecule has 1 fully saturated rings. The number of carbonyl (C=O) groups is 1. The van der Waals surface area contributed by atoms with Crippen LogP contribution in [-0.4, -0.2) is 35.6 Å². The molecule has 8 heteroatoms. The monoisotopic (exact) mass is 385 g/mol. The summed E-state index contributed by atoms with van der Waals surface area (Å²) in [4.78, 5) is 12.5. The molecule has 3 aromatic rings. The lowest BCUT2D eigenvalue weighted by atomic mass is 10.1. The average molecular weight is 385 g/mol. The third-order valence-corrected chi connectivity index (χ3v) is 6.35. The smallest absolute Gasteiger partial charge is 0.272 e.